The predicted molar refractivity (Wildman–Crippen MR) is 46.2 cm³/mol. The summed E-state index contributed by atoms with van der Waals surface area (Å²) in [6, 6.07) is 3.69. The molecule has 12 heavy (non-hydrogen) atoms. The van der Waals surface area contributed by atoms with Gasteiger partial charge in [0.15, 0.2) is 0 Å². The van der Waals surface area contributed by atoms with Crippen LogP contribution in [0.15, 0.2) is 18.3 Å². The first-order valence-electron chi connectivity index (χ1n) is 3.96. The minimum absolute atomic E-state index is 0.207. The Kier molecular flexibility index (Phi) is 3.54. The number of aryl methyl sites for hydroxylation is 1. The van der Waals surface area contributed by atoms with Crippen LogP contribution in [0.2, 0.25) is 0 Å². The third-order valence-electron chi connectivity index (χ3n) is 1.61. The summed E-state index contributed by atoms with van der Waals surface area (Å²) in [6.45, 7) is 0.207. The number of nitrogens with zero attached hydrogens (tertiary/aromatic N) is 1. The molecule has 0 atom stereocenters. The van der Waals surface area contributed by atoms with Crippen LogP contribution in [-0.2, 0) is 6.42 Å². The Hall–Kier alpha value is -1.09. The molecule has 0 unspecified atom stereocenters. The number of aromatic nitrogens is 1. The van der Waals surface area contributed by atoms with Gasteiger partial charge in [-0.2, -0.15) is 0 Å². The number of aliphatic hydroxyl groups is 1. The van der Waals surface area contributed by atoms with E-state index in [-0.39, 0.29) is 6.61 Å². The van der Waals surface area contributed by atoms with Crippen molar-refractivity contribution in [2.75, 3.05) is 13.7 Å². The SMILES string of the molecule is COc1ccnc(CCCO)c1. The molecule has 1 aromatic rings. The molecule has 0 aromatic carbocycles. The fourth-order valence-electron chi connectivity index (χ4n) is 0.980. The Morgan fingerprint density at radius 1 is 1.58 bits per heavy atom. The van der Waals surface area contributed by atoms with Crippen molar-refractivity contribution in [2.45, 2.75) is 12.8 Å². The second kappa shape index (κ2) is 4.72. The van der Waals surface area contributed by atoms with Gasteiger partial charge in [-0.05, 0) is 18.9 Å². The lowest BCUT2D eigenvalue weighted by atomic mass is 10.2. The molecular formula is C9H13NO2. The zero-order valence-electron chi connectivity index (χ0n) is 7.16. The maximum absolute atomic E-state index is 8.60. The van der Waals surface area contributed by atoms with Crippen LogP contribution in [0.4, 0.5) is 0 Å². The highest BCUT2D eigenvalue weighted by Crippen LogP contribution is 2.10. The van der Waals surface area contributed by atoms with Crippen molar-refractivity contribution < 1.29 is 9.84 Å². The molecule has 1 heterocycles. The van der Waals surface area contributed by atoms with E-state index in [1.54, 1.807) is 13.3 Å². The number of rotatable bonds is 4. The van der Waals surface area contributed by atoms with E-state index in [0.29, 0.717) is 0 Å². The predicted octanol–water partition coefficient (Wildman–Crippen LogP) is 1.02. The number of methoxy groups -OCH3 is 1. The van der Waals surface area contributed by atoms with E-state index in [1.165, 1.54) is 0 Å². The fraction of sp³-hybridized carbons (Fsp3) is 0.444. The summed E-state index contributed by atoms with van der Waals surface area (Å²) in [6.07, 6.45) is 3.26. The van der Waals surface area contributed by atoms with Gasteiger partial charge in [0.1, 0.15) is 5.75 Å². The molecule has 0 radical (unpaired) electrons. The second-order valence-electron chi connectivity index (χ2n) is 2.51. The quantitative estimate of drug-likeness (QED) is 0.727. The zero-order valence-corrected chi connectivity index (χ0v) is 7.16. The van der Waals surface area contributed by atoms with Gasteiger partial charge in [-0.3, -0.25) is 4.98 Å². The maximum atomic E-state index is 8.60. The number of aliphatic hydroxyl groups excluding tert-OH is 1. The van der Waals surface area contributed by atoms with Crippen molar-refractivity contribution in [1.82, 2.24) is 4.98 Å². The largest absolute Gasteiger partial charge is 0.497 e. The summed E-state index contributed by atoms with van der Waals surface area (Å²) in [5.74, 6) is 0.818. The van der Waals surface area contributed by atoms with Gasteiger partial charge in [0.2, 0.25) is 0 Å². The van der Waals surface area contributed by atoms with Gasteiger partial charge in [-0.15, -0.1) is 0 Å². The second-order valence-corrected chi connectivity index (χ2v) is 2.51. The number of hydrogen-bond donors (Lipinski definition) is 1. The van der Waals surface area contributed by atoms with Crippen LogP contribution < -0.4 is 4.74 Å². The molecule has 1 rings (SSSR count). The third kappa shape index (κ3) is 2.51. The van der Waals surface area contributed by atoms with Crippen molar-refractivity contribution in [3.05, 3.63) is 24.0 Å². The highest BCUT2D eigenvalue weighted by molar-refractivity contribution is 5.22. The average Bonchev–Trinajstić information content (AvgIpc) is 2.15. The summed E-state index contributed by atoms with van der Waals surface area (Å²) in [5.41, 5.74) is 0.961. The Balaban J connectivity index is 2.60. The first kappa shape index (κ1) is 9.00. The molecule has 0 spiro atoms. The van der Waals surface area contributed by atoms with Crippen molar-refractivity contribution in [3.63, 3.8) is 0 Å². The standard InChI is InChI=1S/C9H13NO2/c1-12-9-4-5-10-8(7-9)3-2-6-11/h4-5,7,11H,2-3,6H2,1H3. The van der Waals surface area contributed by atoms with Gasteiger partial charge in [-0.1, -0.05) is 0 Å². The van der Waals surface area contributed by atoms with E-state index >= 15 is 0 Å². The first-order chi connectivity index (χ1) is 5.86. The van der Waals surface area contributed by atoms with Crippen molar-refractivity contribution >= 4 is 0 Å². The normalized spacial score (nSPS) is 9.83. The molecule has 0 saturated carbocycles. The van der Waals surface area contributed by atoms with E-state index in [0.717, 1.165) is 24.3 Å². The molecule has 66 valence electrons. The molecule has 0 saturated heterocycles. The van der Waals surface area contributed by atoms with E-state index in [4.69, 9.17) is 9.84 Å². The van der Waals surface area contributed by atoms with Crippen LogP contribution in [-0.4, -0.2) is 23.8 Å². The molecular weight excluding hydrogens is 154 g/mol. The average molecular weight is 167 g/mol. The molecule has 0 aliphatic carbocycles. The van der Waals surface area contributed by atoms with Gasteiger partial charge in [0.05, 0.1) is 7.11 Å². The Labute approximate surface area is 72.0 Å². The lowest BCUT2D eigenvalue weighted by Gasteiger charge is -2.01. The zero-order chi connectivity index (χ0) is 8.81. The van der Waals surface area contributed by atoms with Gasteiger partial charge < -0.3 is 9.84 Å². The van der Waals surface area contributed by atoms with E-state index < -0.39 is 0 Å². The fourth-order valence-corrected chi connectivity index (χ4v) is 0.980. The highest BCUT2D eigenvalue weighted by atomic mass is 16.5. The minimum atomic E-state index is 0.207. The number of hydrogen-bond acceptors (Lipinski definition) is 3. The molecule has 0 bridgehead atoms. The van der Waals surface area contributed by atoms with Crippen LogP contribution in [0.25, 0.3) is 0 Å². The topological polar surface area (TPSA) is 42.4 Å². The molecule has 0 aliphatic rings. The van der Waals surface area contributed by atoms with Gasteiger partial charge >= 0.3 is 0 Å². The van der Waals surface area contributed by atoms with Gasteiger partial charge in [0, 0.05) is 24.6 Å². The van der Waals surface area contributed by atoms with Gasteiger partial charge in [-0.25, -0.2) is 0 Å². The third-order valence-corrected chi connectivity index (χ3v) is 1.61. The van der Waals surface area contributed by atoms with Crippen molar-refractivity contribution in [2.24, 2.45) is 0 Å². The van der Waals surface area contributed by atoms with Crippen LogP contribution in [0.5, 0.6) is 5.75 Å². The van der Waals surface area contributed by atoms with Crippen molar-refractivity contribution in [1.29, 1.82) is 0 Å². The molecule has 0 amide bonds. The highest BCUT2D eigenvalue weighted by Gasteiger charge is 1.95. The number of ether oxygens (including phenoxy) is 1. The Morgan fingerprint density at radius 3 is 3.08 bits per heavy atom. The number of pyridine rings is 1. The molecule has 3 nitrogen and oxygen atoms in total. The van der Waals surface area contributed by atoms with E-state index in [9.17, 15) is 0 Å². The lowest BCUT2D eigenvalue weighted by molar-refractivity contribution is 0.288. The van der Waals surface area contributed by atoms with Crippen molar-refractivity contribution in [3.8, 4) is 5.75 Å². The van der Waals surface area contributed by atoms with Crippen LogP contribution in [0.3, 0.4) is 0 Å². The smallest absolute Gasteiger partial charge is 0.122 e. The monoisotopic (exact) mass is 167 g/mol. The molecule has 1 aromatic heterocycles. The molecule has 3 heteroatoms. The van der Waals surface area contributed by atoms with Crippen LogP contribution in [0, 0.1) is 0 Å². The summed E-state index contributed by atoms with van der Waals surface area (Å²) < 4.78 is 5.03. The molecule has 0 aliphatic heterocycles. The van der Waals surface area contributed by atoms with Crippen LogP contribution >= 0.6 is 0 Å². The lowest BCUT2D eigenvalue weighted by Crippen LogP contribution is -1.93. The first-order valence-corrected chi connectivity index (χ1v) is 3.96. The van der Waals surface area contributed by atoms with E-state index in [1.807, 2.05) is 12.1 Å². The summed E-state index contributed by atoms with van der Waals surface area (Å²) >= 11 is 0. The van der Waals surface area contributed by atoms with Gasteiger partial charge in [0.25, 0.3) is 0 Å². The Bertz CT molecular complexity index is 238. The molecule has 0 fully saturated rings. The summed E-state index contributed by atoms with van der Waals surface area (Å²) in [4.78, 5) is 4.13. The maximum Gasteiger partial charge on any atom is 0.122 e. The summed E-state index contributed by atoms with van der Waals surface area (Å²) in [5, 5.41) is 8.60. The Morgan fingerprint density at radius 2 is 2.42 bits per heavy atom. The van der Waals surface area contributed by atoms with E-state index in [2.05, 4.69) is 4.98 Å². The molecule has 1 N–H and O–H groups in total. The minimum Gasteiger partial charge on any atom is -0.497 e. The van der Waals surface area contributed by atoms with Crippen LogP contribution in [0.1, 0.15) is 12.1 Å². The summed E-state index contributed by atoms with van der Waals surface area (Å²) in [7, 11) is 1.63.